The smallest absolute Gasteiger partial charge is 0.417 e. The Morgan fingerprint density at radius 1 is 1.41 bits per heavy atom. The Morgan fingerprint density at radius 3 is 2.59 bits per heavy atom. The first kappa shape index (κ1) is 13.4. The Balaban J connectivity index is 3.23. The van der Waals surface area contributed by atoms with Gasteiger partial charge in [-0.3, -0.25) is 0 Å². The van der Waals surface area contributed by atoms with E-state index < -0.39 is 17.7 Å². The van der Waals surface area contributed by atoms with Crippen LogP contribution in [0.2, 0.25) is 5.02 Å². The maximum absolute atomic E-state index is 12.6. The second-order valence-corrected chi connectivity index (χ2v) is 3.37. The number of alkyl halides is 3. The topological polar surface area (TPSA) is 26.3 Å². The van der Waals surface area contributed by atoms with Gasteiger partial charge in [0.15, 0.2) is 0 Å². The molecule has 2 nitrogen and oxygen atoms in total. The number of ether oxygens (including phenoxy) is 1. The summed E-state index contributed by atoms with van der Waals surface area (Å²) in [4.78, 5) is 10.7. The Kier molecular flexibility index (Phi) is 4.02. The molecule has 0 aromatic heterocycles. The fraction of sp³-hybridized carbons (Fsp3) is 0.182. The number of carbonyl (C=O) groups excluding carboxylic acids is 1. The molecular weight excluding hydrogens is 257 g/mol. The first-order valence-corrected chi connectivity index (χ1v) is 4.69. The molecule has 1 rings (SSSR count). The number of carbonyl (C=O) groups is 1. The summed E-state index contributed by atoms with van der Waals surface area (Å²) in [7, 11) is 1.09. The maximum atomic E-state index is 12.6. The zero-order valence-electron chi connectivity index (χ0n) is 8.56. The van der Waals surface area contributed by atoms with E-state index in [4.69, 9.17) is 11.6 Å². The van der Waals surface area contributed by atoms with Crippen LogP contribution < -0.4 is 0 Å². The molecule has 0 N–H and O–H groups in total. The van der Waals surface area contributed by atoms with E-state index in [1.807, 2.05) is 5.92 Å². The van der Waals surface area contributed by atoms with Crippen LogP contribution in [0.25, 0.3) is 0 Å². The Morgan fingerprint density at radius 2 is 2.06 bits per heavy atom. The number of halogens is 4. The lowest BCUT2D eigenvalue weighted by Crippen LogP contribution is -2.07. The van der Waals surface area contributed by atoms with Gasteiger partial charge in [-0.25, -0.2) is 4.79 Å². The summed E-state index contributed by atoms with van der Waals surface area (Å²) in [6.07, 6.45) is -4.58. The first-order valence-electron chi connectivity index (χ1n) is 4.31. The Labute approximate surface area is 100 Å². The highest BCUT2D eigenvalue weighted by atomic mass is 35.5. The van der Waals surface area contributed by atoms with Gasteiger partial charge in [0, 0.05) is 16.5 Å². The van der Waals surface area contributed by atoms with Crippen LogP contribution in [0.5, 0.6) is 0 Å². The average Bonchev–Trinajstić information content (AvgIpc) is 2.25. The Bertz CT molecular complexity index is 498. The average molecular weight is 263 g/mol. The van der Waals surface area contributed by atoms with Gasteiger partial charge in [-0.1, -0.05) is 17.5 Å². The van der Waals surface area contributed by atoms with Crippen LogP contribution in [-0.2, 0) is 15.7 Å². The fourth-order valence-corrected chi connectivity index (χ4v) is 1.20. The minimum Gasteiger partial charge on any atom is -0.459 e. The number of hydrogen-bond donors (Lipinski definition) is 0. The van der Waals surface area contributed by atoms with E-state index in [0.717, 1.165) is 19.2 Å². The van der Waals surface area contributed by atoms with Crippen LogP contribution in [0.15, 0.2) is 18.2 Å². The van der Waals surface area contributed by atoms with Crippen molar-refractivity contribution in [2.45, 2.75) is 6.18 Å². The third-order valence-electron chi connectivity index (χ3n) is 1.77. The molecule has 6 heteroatoms. The van der Waals surface area contributed by atoms with Gasteiger partial charge in [0.05, 0.1) is 12.7 Å². The van der Waals surface area contributed by atoms with Gasteiger partial charge in [0.2, 0.25) is 0 Å². The highest BCUT2D eigenvalue weighted by molar-refractivity contribution is 6.30. The minimum absolute atomic E-state index is 0.0547. The predicted molar refractivity (Wildman–Crippen MR) is 55.3 cm³/mol. The molecule has 0 radical (unpaired) electrons. The molecule has 0 unspecified atom stereocenters. The molecule has 0 aliphatic carbocycles. The molecule has 17 heavy (non-hydrogen) atoms. The minimum atomic E-state index is -4.58. The lowest BCUT2D eigenvalue weighted by Gasteiger charge is -2.09. The van der Waals surface area contributed by atoms with Crippen molar-refractivity contribution in [3.63, 3.8) is 0 Å². The van der Waals surface area contributed by atoms with E-state index in [1.165, 1.54) is 6.07 Å². The van der Waals surface area contributed by atoms with Crippen molar-refractivity contribution in [2.75, 3.05) is 7.11 Å². The summed E-state index contributed by atoms with van der Waals surface area (Å²) in [6, 6.07) is 3.11. The summed E-state index contributed by atoms with van der Waals surface area (Å²) in [5.74, 6) is 3.11. The van der Waals surface area contributed by atoms with Crippen LogP contribution in [0.4, 0.5) is 13.2 Å². The molecule has 0 aliphatic rings. The van der Waals surface area contributed by atoms with Crippen LogP contribution in [0, 0.1) is 11.8 Å². The van der Waals surface area contributed by atoms with Gasteiger partial charge in [0.25, 0.3) is 0 Å². The molecule has 90 valence electrons. The summed E-state index contributed by atoms with van der Waals surface area (Å²) in [5, 5.41) is -0.0547. The zero-order chi connectivity index (χ0) is 13.1. The highest BCUT2D eigenvalue weighted by Gasteiger charge is 2.33. The van der Waals surface area contributed by atoms with E-state index >= 15 is 0 Å². The predicted octanol–water partition coefficient (Wildman–Crippen LogP) is 2.88. The lowest BCUT2D eigenvalue weighted by molar-refractivity contribution is -0.138. The quantitative estimate of drug-likeness (QED) is 0.531. The van der Waals surface area contributed by atoms with E-state index in [0.29, 0.717) is 0 Å². The molecule has 0 heterocycles. The lowest BCUT2D eigenvalue weighted by atomic mass is 10.1. The van der Waals surface area contributed by atoms with Gasteiger partial charge in [-0.05, 0) is 18.2 Å². The molecule has 0 aliphatic heterocycles. The van der Waals surface area contributed by atoms with Crippen LogP contribution in [0.3, 0.4) is 0 Å². The van der Waals surface area contributed by atoms with Gasteiger partial charge in [-0.15, -0.1) is 0 Å². The van der Waals surface area contributed by atoms with Gasteiger partial charge >= 0.3 is 12.1 Å². The number of esters is 1. The second kappa shape index (κ2) is 5.11. The van der Waals surface area contributed by atoms with Crippen LogP contribution >= 0.6 is 11.6 Å². The third-order valence-corrected chi connectivity index (χ3v) is 2.01. The monoisotopic (exact) mass is 262 g/mol. The number of benzene rings is 1. The largest absolute Gasteiger partial charge is 0.459 e. The van der Waals surface area contributed by atoms with E-state index in [2.05, 4.69) is 10.7 Å². The summed E-state index contributed by atoms with van der Waals surface area (Å²) in [5.41, 5.74) is -1.31. The second-order valence-electron chi connectivity index (χ2n) is 2.93. The number of hydrogen-bond acceptors (Lipinski definition) is 2. The van der Waals surface area contributed by atoms with Gasteiger partial charge in [-0.2, -0.15) is 13.2 Å². The van der Waals surface area contributed by atoms with E-state index in [9.17, 15) is 18.0 Å². The standard InChI is InChI=1S/C11H6ClF3O2/c1-17-10(16)5-3-7-2-4-8(12)6-9(7)11(13,14)15/h2,4,6H,1H3. The normalized spacial score (nSPS) is 10.4. The molecule has 1 aromatic rings. The van der Waals surface area contributed by atoms with Crippen molar-refractivity contribution in [1.82, 2.24) is 0 Å². The van der Waals surface area contributed by atoms with Crippen LogP contribution in [-0.4, -0.2) is 13.1 Å². The van der Waals surface area contributed by atoms with E-state index in [-0.39, 0.29) is 10.6 Å². The van der Waals surface area contributed by atoms with Crippen molar-refractivity contribution < 1.29 is 22.7 Å². The van der Waals surface area contributed by atoms with Crippen molar-refractivity contribution in [3.05, 3.63) is 34.3 Å². The summed E-state index contributed by atoms with van der Waals surface area (Å²) in [6.45, 7) is 0. The molecular formula is C11H6ClF3O2. The molecule has 0 spiro atoms. The molecule has 0 fully saturated rings. The summed E-state index contributed by atoms with van der Waals surface area (Å²) >= 11 is 5.47. The highest BCUT2D eigenvalue weighted by Crippen LogP contribution is 2.33. The van der Waals surface area contributed by atoms with Crippen molar-refractivity contribution in [3.8, 4) is 11.8 Å². The molecule has 1 aromatic carbocycles. The summed E-state index contributed by atoms with van der Waals surface area (Å²) < 4.78 is 42.0. The SMILES string of the molecule is COC(=O)C#Cc1ccc(Cl)cc1C(F)(F)F. The first-order chi connectivity index (χ1) is 7.84. The molecule has 0 amide bonds. The maximum Gasteiger partial charge on any atom is 0.417 e. The van der Waals surface area contributed by atoms with Crippen LogP contribution in [0.1, 0.15) is 11.1 Å². The molecule has 0 atom stereocenters. The zero-order valence-corrected chi connectivity index (χ0v) is 9.32. The van der Waals surface area contributed by atoms with Crippen molar-refractivity contribution in [2.24, 2.45) is 0 Å². The number of rotatable bonds is 0. The molecule has 0 saturated heterocycles. The fourth-order valence-electron chi connectivity index (χ4n) is 1.03. The van der Waals surface area contributed by atoms with Gasteiger partial charge in [0.1, 0.15) is 0 Å². The molecule has 0 bridgehead atoms. The van der Waals surface area contributed by atoms with Gasteiger partial charge < -0.3 is 4.74 Å². The number of methoxy groups -OCH3 is 1. The van der Waals surface area contributed by atoms with E-state index in [1.54, 1.807) is 0 Å². The van der Waals surface area contributed by atoms with Crippen molar-refractivity contribution in [1.29, 1.82) is 0 Å². The van der Waals surface area contributed by atoms with Crippen molar-refractivity contribution >= 4 is 17.6 Å². The molecule has 0 saturated carbocycles. The Hall–Kier alpha value is -1.67. The third kappa shape index (κ3) is 3.68.